The summed E-state index contributed by atoms with van der Waals surface area (Å²) >= 11 is 0. The Morgan fingerprint density at radius 2 is 1.47 bits per heavy atom. The van der Waals surface area contributed by atoms with Crippen molar-refractivity contribution in [3.63, 3.8) is 0 Å². The summed E-state index contributed by atoms with van der Waals surface area (Å²) in [5.74, 6) is 0. The van der Waals surface area contributed by atoms with Gasteiger partial charge in [0.15, 0.2) is 0 Å². The van der Waals surface area contributed by atoms with Crippen LogP contribution in [-0.4, -0.2) is 6.29 Å². The van der Waals surface area contributed by atoms with Crippen molar-refractivity contribution in [2.24, 2.45) is 0 Å². The molecule has 0 saturated heterocycles. The van der Waals surface area contributed by atoms with E-state index in [1.54, 1.807) is 0 Å². The summed E-state index contributed by atoms with van der Waals surface area (Å²) in [6.45, 7) is 2.05. The first-order chi connectivity index (χ1) is 7.41. The molecule has 0 bridgehead atoms. The first kappa shape index (κ1) is 14.2. The van der Waals surface area contributed by atoms with Crippen LogP contribution in [0.3, 0.4) is 0 Å². The Kier molecular flexibility index (Phi) is 12.4. The molecular weight excluding hydrogens is 184 g/mol. The first-order valence-electron chi connectivity index (χ1n) is 6.11. The lowest BCUT2D eigenvalue weighted by Crippen LogP contribution is -1.80. The smallest absolute Gasteiger partial charge is 0.119 e. The minimum atomic E-state index is 0.739. The SMILES string of the molecule is C/C=C/C/C=C\CCCCCCCC=O. The molecule has 0 N–H and O–H groups in total. The van der Waals surface area contributed by atoms with E-state index >= 15 is 0 Å². The standard InChI is InChI=1S/C14H24O/c1-2-3-4-5-6-7-8-9-10-11-12-13-14-15/h2-3,5-6,14H,4,7-13H2,1H3/b3-2+,6-5-. The van der Waals surface area contributed by atoms with Crippen molar-refractivity contribution in [3.8, 4) is 0 Å². The molecule has 1 nitrogen and oxygen atoms in total. The molecular formula is C14H24O. The molecule has 0 spiro atoms. The summed E-state index contributed by atoms with van der Waals surface area (Å²) in [5.41, 5.74) is 0. The van der Waals surface area contributed by atoms with E-state index < -0.39 is 0 Å². The molecule has 15 heavy (non-hydrogen) atoms. The lowest BCUT2D eigenvalue weighted by molar-refractivity contribution is -0.107. The maximum absolute atomic E-state index is 10.1. The summed E-state index contributed by atoms with van der Waals surface area (Å²) in [6, 6.07) is 0. The van der Waals surface area contributed by atoms with Crippen molar-refractivity contribution < 1.29 is 4.79 Å². The van der Waals surface area contributed by atoms with Gasteiger partial charge in [-0.3, -0.25) is 0 Å². The molecule has 0 atom stereocenters. The zero-order valence-electron chi connectivity index (χ0n) is 9.95. The third-order valence-electron chi connectivity index (χ3n) is 2.37. The van der Waals surface area contributed by atoms with Crippen LogP contribution >= 0.6 is 0 Å². The van der Waals surface area contributed by atoms with Crippen LogP contribution in [0.25, 0.3) is 0 Å². The fourth-order valence-corrected chi connectivity index (χ4v) is 1.45. The van der Waals surface area contributed by atoms with Gasteiger partial charge >= 0.3 is 0 Å². The van der Waals surface area contributed by atoms with Crippen LogP contribution in [0.2, 0.25) is 0 Å². The highest BCUT2D eigenvalue weighted by molar-refractivity contribution is 5.48. The van der Waals surface area contributed by atoms with Gasteiger partial charge in [0, 0.05) is 6.42 Å². The van der Waals surface area contributed by atoms with Gasteiger partial charge in [-0.1, -0.05) is 43.6 Å². The number of hydrogen-bond acceptors (Lipinski definition) is 1. The van der Waals surface area contributed by atoms with E-state index in [0.717, 1.165) is 25.5 Å². The maximum Gasteiger partial charge on any atom is 0.119 e. The molecule has 0 aliphatic rings. The van der Waals surface area contributed by atoms with Crippen LogP contribution in [0.4, 0.5) is 0 Å². The van der Waals surface area contributed by atoms with Gasteiger partial charge in [0.2, 0.25) is 0 Å². The Balaban J connectivity index is 3.04. The predicted molar refractivity (Wildman–Crippen MR) is 67.0 cm³/mol. The van der Waals surface area contributed by atoms with Crippen molar-refractivity contribution in [2.75, 3.05) is 0 Å². The summed E-state index contributed by atoms with van der Waals surface area (Å²) in [7, 11) is 0. The van der Waals surface area contributed by atoms with E-state index in [2.05, 4.69) is 24.3 Å². The Labute approximate surface area is 94.3 Å². The average Bonchev–Trinajstić information content (AvgIpc) is 2.26. The van der Waals surface area contributed by atoms with Crippen LogP contribution in [0.5, 0.6) is 0 Å². The van der Waals surface area contributed by atoms with E-state index in [9.17, 15) is 4.79 Å². The van der Waals surface area contributed by atoms with Crippen molar-refractivity contribution in [2.45, 2.75) is 58.3 Å². The van der Waals surface area contributed by atoms with Crippen LogP contribution in [0, 0.1) is 0 Å². The van der Waals surface area contributed by atoms with Crippen LogP contribution in [-0.2, 0) is 4.79 Å². The molecule has 0 aliphatic heterocycles. The molecule has 0 aromatic heterocycles. The van der Waals surface area contributed by atoms with E-state index in [1.807, 2.05) is 6.92 Å². The van der Waals surface area contributed by atoms with E-state index in [0.29, 0.717) is 0 Å². The Morgan fingerprint density at radius 1 is 0.800 bits per heavy atom. The zero-order valence-corrected chi connectivity index (χ0v) is 9.95. The molecule has 0 aromatic rings. The predicted octanol–water partition coefficient (Wildman–Crippen LogP) is 4.44. The van der Waals surface area contributed by atoms with Gasteiger partial charge in [-0.15, -0.1) is 0 Å². The Hall–Kier alpha value is -0.850. The third kappa shape index (κ3) is 13.2. The molecule has 0 saturated carbocycles. The fraction of sp³-hybridized carbons (Fsp3) is 0.643. The third-order valence-corrected chi connectivity index (χ3v) is 2.37. The van der Waals surface area contributed by atoms with Crippen molar-refractivity contribution >= 4 is 6.29 Å². The Morgan fingerprint density at radius 3 is 2.13 bits per heavy atom. The molecule has 0 unspecified atom stereocenters. The number of carbonyl (C=O) groups excluding carboxylic acids is 1. The molecule has 0 aromatic carbocycles. The van der Waals surface area contributed by atoms with E-state index in [4.69, 9.17) is 0 Å². The highest BCUT2D eigenvalue weighted by Crippen LogP contribution is 2.06. The molecule has 0 fully saturated rings. The van der Waals surface area contributed by atoms with Gasteiger partial charge in [0.25, 0.3) is 0 Å². The summed E-state index contributed by atoms with van der Waals surface area (Å²) in [4.78, 5) is 10.1. The highest BCUT2D eigenvalue weighted by Gasteiger charge is 1.88. The van der Waals surface area contributed by atoms with Gasteiger partial charge in [-0.05, 0) is 32.6 Å². The number of unbranched alkanes of at least 4 members (excludes halogenated alkanes) is 6. The van der Waals surface area contributed by atoms with Crippen LogP contribution in [0.1, 0.15) is 58.3 Å². The molecule has 1 heteroatoms. The summed E-state index contributed by atoms with van der Waals surface area (Å²) in [5, 5.41) is 0. The van der Waals surface area contributed by atoms with Gasteiger partial charge in [0.05, 0.1) is 0 Å². The maximum atomic E-state index is 10.1. The monoisotopic (exact) mass is 208 g/mol. The molecule has 0 aliphatic carbocycles. The molecule has 86 valence electrons. The zero-order chi connectivity index (χ0) is 11.2. The minimum Gasteiger partial charge on any atom is -0.303 e. The van der Waals surface area contributed by atoms with E-state index in [-0.39, 0.29) is 0 Å². The van der Waals surface area contributed by atoms with E-state index in [1.165, 1.54) is 32.1 Å². The second kappa shape index (κ2) is 13.2. The lowest BCUT2D eigenvalue weighted by atomic mass is 10.1. The van der Waals surface area contributed by atoms with Crippen molar-refractivity contribution in [3.05, 3.63) is 24.3 Å². The molecule has 0 radical (unpaired) electrons. The van der Waals surface area contributed by atoms with Gasteiger partial charge in [0.1, 0.15) is 6.29 Å². The second-order valence-electron chi connectivity index (χ2n) is 3.79. The van der Waals surface area contributed by atoms with Crippen LogP contribution < -0.4 is 0 Å². The highest BCUT2D eigenvalue weighted by atomic mass is 16.1. The Bertz CT molecular complexity index is 180. The first-order valence-corrected chi connectivity index (χ1v) is 6.11. The largest absolute Gasteiger partial charge is 0.303 e. The summed E-state index contributed by atoms with van der Waals surface area (Å²) < 4.78 is 0. The topological polar surface area (TPSA) is 17.1 Å². The molecule has 0 heterocycles. The molecule has 0 rings (SSSR count). The summed E-state index contributed by atoms with van der Waals surface area (Å²) in [6.07, 6.45) is 18.9. The number of carbonyl (C=O) groups is 1. The van der Waals surface area contributed by atoms with Gasteiger partial charge < -0.3 is 4.79 Å². The van der Waals surface area contributed by atoms with Gasteiger partial charge in [-0.25, -0.2) is 0 Å². The molecule has 0 amide bonds. The van der Waals surface area contributed by atoms with Crippen molar-refractivity contribution in [1.82, 2.24) is 0 Å². The normalized spacial score (nSPS) is 11.5. The number of rotatable bonds is 10. The lowest BCUT2D eigenvalue weighted by Gasteiger charge is -1.97. The minimum absolute atomic E-state index is 0.739. The average molecular weight is 208 g/mol. The number of allylic oxidation sites excluding steroid dienone is 4. The van der Waals surface area contributed by atoms with Gasteiger partial charge in [-0.2, -0.15) is 0 Å². The van der Waals surface area contributed by atoms with Crippen molar-refractivity contribution in [1.29, 1.82) is 0 Å². The van der Waals surface area contributed by atoms with Crippen LogP contribution in [0.15, 0.2) is 24.3 Å². The number of aldehydes is 1. The quantitative estimate of drug-likeness (QED) is 0.295. The number of hydrogen-bond donors (Lipinski definition) is 0. The second-order valence-corrected chi connectivity index (χ2v) is 3.79. The fourth-order valence-electron chi connectivity index (χ4n) is 1.45.